The number of nitriles is 1. The van der Waals surface area contributed by atoms with E-state index in [9.17, 15) is 9.90 Å². The Hall–Kier alpha value is -2.83. The molecule has 2 aromatic rings. The second-order valence-electron chi connectivity index (χ2n) is 6.41. The number of aliphatic hydroxyl groups excluding tert-OH is 1. The van der Waals surface area contributed by atoms with Crippen molar-refractivity contribution in [3.05, 3.63) is 35.5 Å². The van der Waals surface area contributed by atoms with Crippen molar-refractivity contribution in [3.8, 4) is 6.07 Å². The van der Waals surface area contributed by atoms with E-state index in [1.54, 1.807) is 13.8 Å². The Balaban J connectivity index is 2.14. The van der Waals surface area contributed by atoms with Gasteiger partial charge in [0.2, 0.25) is 0 Å². The molecule has 1 aromatic carbocycles. The summed E-state index contributed by atoms with van der Waals surface area (Å²) >= 11 is 1.14. The molecule has 29 heavy (non-hydrogen) atoms. The zero-order valence-corrected chi connectivity index (χ0v) is 17.6. The van der Waals surface area contributed by atoms with E-state index in [0.29, 0.717) is 41.5 Å². The highest BCUT2D eigenvalue weighted by Crippen LogP contribution is 2.29. The molecule has 0 saturated carbocycles. The summed E-state index contributed by atoms with van der Waals surface area (Å²) in [6.07, 6.45) is 0.860. The molecule has 1 unspecified atom stereocenters. The molecule has 0 fully saturated rings. The van der Waals surface area contributed by atoms with Crippen LogP contribution in [-0.2, 0) is 9.53 Å². The van der Waals surface area contributed by atoms with Crippen LogP contribution in [0.3, 0.4) is 0 Å². The minimum atomic E-state index is -0.243. The lowest BCUT2D eigenvalue weighted by Gasteiger charge is -2.31. The van der Waals surface area contributed by atoms with E-state index in [-0.39, 0.29) is 25.0 Å². The molecule has 0 radical (unpaired) electrons. The van der Waals surface area contributed by atoms with Crippen molar-refractivity contribution >= 4 is 33.9 Å². The van der Waals surface area contributed by atoms with Gasteiger partial charge in [0.05, 0.1) is 24.4 Å². The van der Waals surface area contributed by atoms with Crippen LogP contribution in [0.15, 0.2) is 34.5 Å². The average molecular weight is 416 g/mol. The fourth-order valence-electron chi connectivity index (χ4n) is 2.78. The summed E-state index contributed by atoms with van der Waals surface area (Å²) in [7, 11) is 0. The summed E-state index contributed by atoms with van der Waals surface area (Å²) in [4.78, 5) is 13.9. The highest BCUT2D eigenvalue weighted by molar-refractivity contribution is 7.10. The topological polar surface area (TPSA) is 111 Å². The molecule has 9 heteroatoms. The molecule has 1 atom stereocenters. The fourth-order valence-corrected chi connectivity index (χ4v) is 3.46. The quantitative estimate of drug-likeness (QED) is 0.458. The van der Waals surface area contributed by atoms with Gasteiger partial charge in [0.25, 0.3) is 0 Å². The lowest BCUT2D eigenvalue weighted by atomic mass is 10.1. The number of azo groups is 1. The Morgan fingerprint density at radius 3 is 2.72 bits per heavy atom. The second-order valence-corrected chi connectivity index (χ2v) is 7.16. The van der Waals surface area contributed by atoms with Crippen LogP contribution in [0, 0.1) is 18.3 Å². The monoisotopic (exact) mass is 415 g/mol. The first-order valence-corrected chi connectivity index (χ1v) is 10.2. The third-order valence-electron chi connectivity index (χ3n) is 4.25. The maximum atomic E-state index is 11.8. The smallest absolute Gasteiger partial charge is 0.307 e. The molecule has 1 aromatic heterocycles. The van der Waals surface area contributed by atoms with Crippen LogP contribution < -0.4 is 4.90 Å². The zero-order valence-electron chi connectivity index (χ0n) is 16.8. The molecule has 8 nitrogen and oxygen atoms in total. The van der Waals surface area contributed by atoms with Crippen LogP contribution >= 0.6 is 11.5 Å². The Bertz CT molecular complexity index is 873. The van der Waals surface area contributed by atoms with E-state index in [1.807, 2.05) is 31.2 Å². The highest BCUT2D eigenvalue weighted by atomic mass is 32.1. The van der Waals surface area contributed by atoms with Crippen molar-refractivity contribution in [1.29, 1.82) is 5.26 Å². The molecule has 0 aliphatic heterocycles. The number of aromatic nitrogens is 1. The molecule has 0 amide bonds. The summed E-state index contributed by atoms with van der Waals surface area (Å²) < 4.78 is 9.17. The van der Waals surface area contributed by atoms with Crippen LogP contribution in [-0.4, -0.2) is 41.2 Å². The van der Waals surface area contributed by atoms with E-state index < -0.39 is 0 Å². The predicted octanol–water partition coefficient (Wildman–Crippen LogP) is 4.27. The van der Waals surface area contributed by atoms with E-state index in [1.165, 1.54) is 0 Å². The largest absolute Gasteiger partial charge is 0.466 e. The molecule has 0 bridgehead atoms. The first-order valence-electron chi connectivity index (χ1n) is 9.41. The lowest BCUT2D eigenvalue weighted by Crippen LogP contribution is -2.36. The van der Waals surface area contributed by atoms with Crippen LogP contribution in [0.2, 0.25) is 0 Å². The summed E-state index contributed by atoms with van der Waals surface area (Å²) in [5, 5.41) is 27.2. The van der Waals surface area contributed by atoms with Gasteiger partial charge in [0.1, 0.15) is 11.6 Å². The Labute approximate surface area is 174 Å². The maximum absolute atomic E-state index is 11.8. The Morgan fingerprint density at radius 1 is 1.38 bits per heavy atom. The van der Waals surface area contributed by atoms with E-state index in [2.05, 4.69) is 25.6 Å². The third kappa shape index (κ3) is 6.34. The van der Waals surface area contributed by atoms with E-state index in [4.69, 9.17) is 10.00 Å². The zero-order chi connectivity index (χ0) is 21.2. The summed E-state index contributed by atoms with van der Waals surface area (Å²) in [5.41, 5.74) is 2.65. The molecule has 0 saturated heterocycles. The number of rotatable bonds is 10. The van der Waals surface area contributed by atoms with Crippen LogP contribution in [0.4, 0.5) is 16.4 Å². The summed E-state index contributed by atoms with van der Waals surface area (Å²) in [6, 6.07) is 9.45. The third-order valence-corrected chi connectivity index (χ3v) is 5.07. The van der Waals surface area contributed by atoms with Gasteiger partial charge >= 0.3 is 5.97 Å². The van der Waals surface area contributed by atoms with Gasteiger partial charge in [-0.2, -0.15) is 9.64 Å². The minimum absolute atomic E-state index is 0.0738. The van der Waals surface area contributed by atoms with Crippen molar-refractivity contribution < 1.29 is 14.6 Å². The average Bonchev–Trinajstić information content (AvgIpc) is 3.07. The van der Waals surface area contributed by atoms with Gasteiger partial charge in [-0.3, -0.25) is 4.79 Å². The van der Waals surface area contributed by atoms with Gasteiger partial charge in [-0.25, -0.2) is 0 Å². The van der Waals surface area contributed by atoms with E-state index >= 15 is 0 Å². The normalized spacial score (nSPS) is 12.0. The first kappa shape index (κ1) is 22.5. The number of anilines is 1. The molecule has 1 heterocycles. The number of hydrogen-bond donors (Lipinski definition) is 1. The van der Waals surface area contributed by atoms with Crippen LogP contribution in [0.5, 0.6) is 0 Å². The minimum Gasteiger partial charge on any atom is -0.466 e. The SMILES string of the molecule is CCOC(=O)CC(C)N(CCCO)c1ccc(N=Nc2snc(C)c2C#N)cc1. The molecular formula is C20H25N5O3S. The van der Waals surface area contributed by atoms with Crippen molar-refractivity contribution in [2.75, 3.05) is 24.7 Å². The van der Waals surface area contributed by atoms with Gasteiger partial charge < -0.3 is 14.7 Å². The Kier molecular flexibility index (Phi) is 8.70. The number of nitrogens with zero attached hydrogens (tertiary/aromatic N) is 5. The summed E-state index contributed by atoms with van der Waals surface area (Å²) in [6.45, 7) is 6.55. The van der Waals surface area contributed by atoms with Crippen molar-refractivity contribution in [1.82, 2.24) is 4.37 Å². The Morgan fingerprint density at radius 2 is 2.10 bits per heavy atom. The van der Waals surface area contributed by atoms with Gasteiger partial charge in [0, 0.05) is 24.9 Å². The number of ether oxygens (including phenoxy) is 1. The lowest BCUT2D eigenvalue weighted by molar-refractivity contribution is -0.143. The molecule has 1 N–H and O–H groups in total. The van der Waals surface area contributed by atoms with Crippen molar-refractivity contribution in [3.63, 3.8) is 0 Å². The van der Waals surface area contributed by atoms with Gasteiger partial charge in [-0.15, -0.1) is 10.2 Å². The fraction of sp³-hybridized carbons (Fsp3) is 0.450. The van der Waals surface area contributed by atoms with Gasteiger partial charge in [-0.1, -0.05) is 0 Å². The molecule has 0 aliphatic carbocycles. The predicted molar refractivity (Wildman–Crippen MR) is 112 cm³/mol. The molecular weight excluding hydrogens is 390 g/mol. The van der Waals surface area contributed by atoms with Crippen molar-refractivity contribution in [2.45, 2.75) is 39.7 Å². The van der Waals surface area contributed by atoms with Crippen LogP contribution in [0.1, 0.15) is 37.9 Å². The molecule has 154 valence electrons. The van der Waals surface area contributed by atoms with Gasteiger partial charge in [0.15, 0.2) is 5.00 Å². The number of carbonyl (C=O) groups excluding carboxylic acids is 1. The molecule has 0 spiro atoms. The number of aryl methyl sites for hydroxylation is 1. The molecule has 2 rings (SSSR count). The number of benzene rings is 1. The molecule has 0 aliphatic rings. The summed E-state index contributed by atoms with van der Waals surface area (Å²) in [5.74, 6) is -0.243. The van der Waals surface area contributed by atoms with Crippen molar-refractivity contribution in [2.24, 2.45) is 10.2 Å². The number of hydrogen-bond acceptors (Lipinski definition) is 9. The second kappa shape index (κ2) is 11.2. The van der Waals surface area contributed by atoms with E-state index in [0.717, 1.165) is 17.2 Å². The number of carbonyl (C=O) groups is 1. The highest BCUT2D eigenvalue weighted by Gasteiger charge is 2.18. The maximum Gasteiger partial charge on any atom is 0.307 e. The first-order chi connectivity index (χ1) is 14.0. The standard InChI is InChI=1S/C20H25N5O3S/c1-4-28-19(27)12-14(2)25(10-5-11-26)17-8-6-16(7-9-17)22-23-20-18(13-21)15(3)24-29-20/h6-9,14,26H,4-5,10-12H2,1-3H3. The number of esters is 1. The number of aliphatic hydroxyl groups is 1. The van der Waals surface area contributed by atoms with Gasteiger partial charge in [-0.05, 0) is 63.0 Å². The van der Waals surface area contributed by atoms with Crippen LogP contribution in [0.25, 0.3) is 0 Å².